The van der Waals surface area contributed by atoms with Gasteiger partial charge in [0.2, 0.25) is 5.91 Å². The molecule has 0 spiro atoms. The normalized spacial score (nSPS) is 19.4. The van der Waals surface area contributed by atoms with Crippen molar-refractivity contribution in [2.45, 2.75) is 59.0 Å². The minimum atomic E-state index is 0.0931. The zero-order valence-electron chi connectivity index (χ0n) is 22.2. The van der Waals surface area contributed by atoms with E-state index in [9.17, 15) is 4.79 Å². The molecule has 6 nitrogen and oxygen atoms in total. The predicted octanol–water partition coefficient (Wildman–Crippen LogP) is 5.13. The lowest BCUT2D eigenvalue weighted by Crippen LogP contribution is -2.52. The fourth-order valence-electron chi connectivity index (χ4n) is 5.99. The van der Waals surface area contributed by atoms with Crippen LogP contribution in [0.5, 0.6) is 0 Å². The number of carbonyl (C=O) groups excluding carboxylic acids is 1. The maximum Gasteiger partial charge on any atom is 0.227 e. The van der Waals surface area contributed by atoms with Gasteiger partial charge in [0.05, 0.1) is 23.5 Å². The molecule has 2 aromatic carbocycles. The molecule has 36 heavy (non-hydrogen) atoms. The number of piperazine rings is 1. The fraction of sp³-hybridized carbons (Fsp3) is 0.533. The minimum Gasteiger partial charge on any atom is -0.368 e. The van der Waals surface area contributed by atoms with Crippen LogP contribution < -0.4 is 4.90 Å². The van der Waals surface area contributed by atoms with Gasteiger partial charge in [-0.05, 0) is 69.5 Å². The zero-order chi connectivity index (χ0) is 25.1. The summed E-state index contributed by atoms with van der Waals surface area (Å²) in [6, 6.07) is 17.7. The Kier molecular flexibility index (Phi) is 7.61. The van der Waals surface area contributed by atoms with Gasteiger partial charge in [0.15, 0.2) is 0 Å². The lowest BCUT2D eigenvalue weighted by atomic mass is 9.96. The molecule has 0 bridgehead atoms. The first-order valence-corrected chi connectivity index (χ1v) is 13.8. The second-order valence-electron chi connectivity index (χ2n) is 10.8. The summed E-state index contributed by atoms with van der Waals surface area (Å²) < 4.78 is 2.36. The Bertz CT molecular complexity index is 1160. The summed E-state index contributed by atoms with van der Waals surface area (Å²) in [5, 5.41) is 0. The largest absolute Gasteiger partial charge is 0.368 e. The highest BCUT2D eigenvalue weighted by atomic mass is 16.2. The fourth-order valence-corrected chi connectivity index (χ4v) is 5.99. The van der Waals surface area contributed by atoms with Crippen LogP contribution in [0.25, 0.3) is 11.0 Å². The van der Waals surface area contributed by atoms with Crippen molar-refractivity contribution in [1.29, 1.82) is 0 Å². The number of anilines is 1. The Morgan fingerprint density at radius 2 is 1.75 bits per heavy atom. The smallest absolute Gasteiger partial charge is 0.227 e. The summed E-state index contributed by atoms with van der Waals surface area (Å²) >= 11 is 0. The molecule has 0 unspecified atom stereocenters. The predicted molar refractivity (Wildman–Crippen MR) is 147 cm³/mol. The highest BCUT2D eigenvalue weighted by molar-refractivity contribution is 5.79. The van der Waals surface area contributed by atoms with E-state index >= 15 is 0 Å². The molecule has 0 saturated carbocycles. The lowest BCUT2D eigenvalue weighted by Gasteiger charge is -2.39. The third-order valence-electron chi connectivity index (χ3n) is 7.84. The number of piperidine rings is 1. The molecule has 1 atom stereocenters. The molecular weight excluding hydrogens is 446 g/mol. The van der Waals surface area contributed by atoms with Gasteiger partial charge >= 0.3 is 0 Å². The Labute approximate surface area is 215 Å². The molecule has 1 aromatic heterocycles. The number of amides is 1. The van der Waals surface area contributed by atoms with Crippen molar-refractivity contribution in [2.75, 3.05) is 44.2 Å². The standard InChI is InChI=1S/C30H41N5O/c1-4-8-24-12-14-26(15-13-24)33-17-19-34(20-18-33)30(36)25-9-7-16-32(21-25)22-29-31-27-10-5-6-11-28(27)35(29)23(2)3/h5-6,10-15,23,25H,4,7-9,16-22H2,1-3H3/t25-/m0/s1. The number of fused-ring (bicyclic) bond motifs is 1. The first kappa shape index (κ1) is 24.8. The SMILES string of the molecule is CCCc1ccc(N2CCN(C(=O)[C@H]3CCCN(Cc4nc5ccccc5n4C(C)C)C3)CC2)cc1. The summed E-state index contributed by atoms with van der Waals surface area (Å²) in [6.45, 7) is 12.8. The molecule has 0 radical (unpaired) electrons. The van der Waals surface area contributed by atoms with E-state index in [1.807, 2.05) is 0 Å². The van der Waals surface area contributed by atoms with Crippen LogP contribution in [0.3, 0.4) is 0 Å². The molecule has 192 valence electrons. The van der Waals surface area contributed by atoms with Crippen LogP contribution in [0, 0.1) is 5.92 Å². The lowest BCUT2D eigenvalue weighted by molar-refractivity contribution is -0.137. The number of nitrogens with zero attached hydrogens (tertiary/aromatic N) is 5. The molecule has 2 fully saturated rings. The topological polar surface area (TPSA) is 44.6 Å². The molecule has 2 aliphatic heterocycles. The van der Waals surface area contributed by atoms with Crippen molar-refractivity contribution in [1.82, 2.24) is 19.4 Å². The van der Waals surface area contributed by atoms with Crippen molar-refractivity contribution in [3.8, 4) is 0 Å². The van der Waals surface area contributed by atoms with E-state index in [1.165, 1.54) is 23.2 Å². The van der Waals surface area contributed by atoms with E-state index in [-0.39, 0.29) is 5.92 Å². The number of rotatable bonds is 7. The van der Waals surface area contributed by atoms with Crippen LogP contribution in [0.1, 0.15) is 57.5 Å². The van der Waals surface area contributed by atoms with Gasteiger partial charge in [-0.2, -0.15) is 0 Å². The number of para-hydroxylation sites is 2. The molecule has 3 heterocycles. The van der Waals surface area contributed by atoms with Crippen LogP contribution in [-0.2, 0) is 17.8 Å². The molecule has 2 saturated heterocycles. The summed E-state index contributed by atoms with van der Waals surface area (Å²) in [6.07, 6.45) is 4.38. The van der Waals surface area contributed by atoms with E-state index in [1.54, 1.807) is 0 Å². The van der Waals surface area contributed by atoms with Crippen LogP contribution in [-0.4, -0.2) is 64.5 Å². The highest BCUT2D eigenvalue weighted by Crippen LogP contribution is 2.26. The van der Waals surface area contributed by atoms with Crippen LogP contribution in [0.15, 0.2) is 48.5 Å². The first-order chi connectivity index (χ1) is 17.5. The van der Waals surface area contributed by atoms with Gasteiger partial charge < -0.3 is 14.4 Å². The monoisotopic (exact) mass is 487 g/mol. The third kappa shape index (κ3) is 5.29. The molecule has 5 rings (SSSR count). The number of likely N-dealkylation sites (tertiary alicyclic amines) is 1. The molecule has 0 N–H and O–H groups in total. The maximum atomic E-state index is 13.5. The van der Waals surface area contributed by atoms with Gasteiger partial charge in [-0.1, -0.05) is 37.6 Å². The molecule has 1 amide bonds. The third-order valence-corrected chi connectivity index (χ3v) is 7.84. The Morgan fingerprint density at radius 3 is 2.47 bits per heavy atom. The summed E-state index contributed by atoms with van der Waals surface area (Å²) in [7, 11) is 0. The Hall–Kier alpha value is -2.86. The molecule has 2 aliphatic rings. The number of hydrogen-bond acceptors (Lipinski definition) is 4. The average Bonchev–Trinajstić information content (AvgIpc) is 3.27. The average molecular weight is 488 g/mol. The number of imidazole rings is 1. The molecule has 0 aliphatic carbocycles. The van der Waals surface area contributed by atoms with Crippen molar-refractivity contribution in [3.05, 3.63) is 59.9 Å². The van der Waals surface area contributed by atoms with E-state index in [0.717, 1.165) is 76.4 Å². The number of hydrogen-bond donors (Lipinski definition) is 0. The highest BCUT2D eigenvalue weighted by Gasteiger charge is 2.31. The second kappa shape index (κ2) is 11.0. The number of aromatic nitrogens is 2. The summed E-state index contributed by atoms with van der Waals surface area (Å²) in [4.78, 5) is 25.4. The second-order valence-corrected chi connectivity index (χ2v) is 10.8. The molecule has 6 heteroatoms. The van der Waals surface area contributed by atoms with Crippen molar-refractivity contribution < 1.29 is 4.79 Å². The zero-order valence-corrected chi connectivity index (χ0v) is 22.2. The van der Waals surface area contributed by atoms with Crippen LogP contribution in [0.2, 0.25) is 0 Å². The number of aryl methyl sites for hydroxylation is 1. The summed E-state index contributed by atoms with van der Waals surface area (Å²) in [5.41, 5.74) is 4.94. The van der Waals surface area contributed by atoms with Gasteiger partial charge in [-0.3, -0.25) is 9.69 Å². The quantitative estimate of drug-likeness (QED) is 0.463. The van der Waals surface area contributed by atoms with Gasteiger partial charge in [0.25, 0.3) is 0 Å². The van der Waals surface area contributed by atoms with Gasteiger partial charge in [0.1, 0.15) is 5.82 Å². The van der Waals surface area contributed by atoms with Crippen molar-refractivity contribution in [2.24, 2.45) is 5.92 Å². The van der Waals surface area contributed by atoms with Gasteiger partial charge in [0, 0.05) is 44.5 Å². The number of benzene rings is 2. The van der Waals surface area contributed by atoms with Gasteiger partial charge in [-0.15, -0.1) is 0 Å². The van der Waals surface area contributed by atoms with Crippen molar-refractivity contribution >= 4 is 22.6 Å². The molecule has 3 aromatic rings. The van der Waals surface area contributed by atoms with Crippen LogP contribution in [0.4, 0.5) is 5.69 Å². The van der Waals surface area contributed by atoms with E-state index in [0.29, 0.717) is 11.9 Å². The number of carbonyl (C=O) groups is 1. The summed E-state index contributed by atoms with van der Waals surface area (Å²) in [5.74, 6) is 1.54. The first-order valence-electron chi connectivity index (χ1n) is 13.8. The van der Waals surface area contributed by atoms with E-state index in [2.05, 4.69) is 88.6 Å². The maximum absolute atomic E-state index is 13.5. The Balaban J connectivity index is 1.18. The van der Waals surface area contributed by atoms with Crippen LogP contribution >= 0.6 is 0 Å². The Morgan fingerprint density at radius 1 is 1.00 bits per heavy atom. The van der Waals surface area contributed by atoms with E-state index in [4.69, 9.17) is 4.98 Å². The van der Waals surface area contributed by atoms with Crippen molar-refractivity contribution in [3.63, 3.8) is 0 Å². The molecular formula is C30H41N5O. The minimum absolute atomic E-state index is 0.0931. The van der Waals surface area contributed by atoms with Gasteiger partial charge in [-0.25, -0.2) is 4.98 Å². The van der Waals surface area contributed by atoms with E-state index < -0.39 is 0 Å².